The summed E-state index contributed by atoms with van der Waals surface area (Å²) in [5, 5.41) is 0. The van der Waals surface area contributed by atoms with Crippen molar-refractivity contribution in [2.45, 2.75) is 54.9 Å². The molecule has 1 rings (SSSR count). The average molecular weight is 287 g/mol. The quantitative estimate of drug-likeness (QED) is 0.393. The third-order valence-corrected chi connectivity index (χ3v) is 2.70. The van der Waals surface area contributed by atoms with Gasteiger partial charge in [-0.25, -0.2) is 0 Å². The molecule has 21 heavy (non-hydrogen) atoms. The van der Waals surface area contributed by atoms with E-state index in [4.69, 9.17) is 0 Å². The minimum atomic E-state index is 0. The molecule has 0 saturated carbocycles. The molecule has 1 atom stereocenters. The molecule has 0 aliphatic carbocycles. The van der Waals surface area contributed by atoms with E-state index >= 15 is 0 Å². The molecule has 118 valence electrons. The van der Waals surface area contributed by atoms with Crippen LogP contribution in [0.15, 0.2) is 72.5 Å². The predicted molar refractivity (Wildman–Crippen MR) is 101 cm³/mol. The standard InChI is InChI=1S/C17H20.C2H6.2CH4/c1-4-7-12-15(11-5-2)17(6-3)16-13-9-8-10-14-16;1-2;;/h4-5,7-11,13-14,17H,1,6H2,2-3H3;1-2H3;2*1H4/b11-5-;;;. The van der Waals surface area contributed by atoms with Gasteiger partial charge >= 0.3 is 0 Å². The fraction of sp³-hybridized carbons (Fsp3) is 0.381. The van der Waals surface area contributed by atoms with Gasteiger partial charge in [0.1, 0.15) is 0 Å². The third kappa shape index (κ3) is 8.89. The maximum absolute atomic E-state index is 3.70. The average Bonchev–Trinajstić information content (AvgIpc) is 2.48. The van der Waals surface area contributed by atoms with Gasteiger partial charge in [-0.3, -0.25) is 0 Å². The highest BCUT2D eigenvalue weighted by Crippen LogP contribution is 2.27. The Morgan fingerprint density at radius 1 is 1.19 bits per heavy atom. The number of hydrogen-bond donors (Lipinski definition) is 0. The molecule has 0 spiro atoms. The zero-order valence-corrected chi connectivity index (χ0v) is 12.7. The molecule has 1 unspecified atom stereocenters. The molecule has 0 radical (unpaired) electrons. The van der Waals surface area contributed by atoms with E-state index in [1.807, 2.05) is 26.8 Å². The van der Waals surface area contributed by atoms with Crippen LogP contribution < -0.4 is 0 Å². The van der Waals surface area contributed by atoms with Gasteiger partial charge in [-0.15, -0.1) is 5.73 Å². The maximum Gasteiger partial charge on any atom is 0.0160 e. The highest BCUT2D eigenvalue weighted by atomic mass is 14.1. The van der Waals surface area contributed by atoms with Gasteiger partial charge in [0.15, 0.2) is 0 Å². The van der Waals surface area contributed by atoms with Crippen molar-refractivity contribution >= 4 is 0 Å². The number of benzene rings is 1. The summed E-state index contributed by atoms with van der Waals surface area (Å²) < 4.78 is 0. The van der Waals surface area contributed by atoms with Crippen molar-refractivity contribution in [3.63, 3.8) is 0 Å². The Balaban J connectivity index is -0.000000774. The van der Waals surface area contributed by atoms with Gasteiger partial charge in [0.05, 0.1) is 0 Å². The van der Waals surface area contributed by atoms with Crippen molar-refractivity contribution in [3.05, 3.63) is 78.1 Å². The smallest absolute Gasteiger partial charge is 0.0160 e. The Hall–Kier alpha value is -1.78. The Morgan fingerprint density at radius 3 is 2.19 bits per heavy atom. The van der Waals surface area contributed by atoms with Gasteiger partial charge < -0.3 is 0 Å². The lowest BCUT2D eigenvalue weighted by atomic mass is 9.89. The van der Waals surface area contributed by atoms with Crippen LogP contribution in [0.1, 0.15) is 60.5 Å². The van der Waals surface area contributed by atoms with E-state index in [0.717, 1.165) is 6.42 Å². The number of hydrogen-bond acceptors (Lipinski definition) is 0. The molecule has 0 N–H and O–H groups in total. The van der Waals surface area contributed by atoms with E-state index in [-0.39, 0.29) is 14.9 Å². The van der Waals surface area contributed by atoms with Crippen LogP contribution in [0.4, 0.5) is 0 Å². The molecule has 0 bridgehead atoms. The summed E-state index contributed by atoms with van der Waals surface area (Å²) in [6, 6.07) is 10.6. The Labute approximate surface area is 133 Å². The van der Waals surface area contributed by atoms with Gasteiger partial charge in [0.2, 0.25) is 0 Å². The van der Waals surface area contributed by atoms with Gasteiger partial charge in [-0.05, 0) is 25.0 Å². The van der Waals surface area contributed by atoms with Crippen LogP contribution in [0.2, 0.25) is 0 Å². The van der Waals surface area contributed by atoms with Crippen LogP contribution in [0.3, 0.4) is 0 Å². The second-order valence-corrected chi connectivity index (χ2v) is 3.87. The fourth-order valence-electron chi connectivity index (χ4n) is 1.92. The van der Waals surface area contributed by atoms with E-state index in [9.17, 15) is 0 Å². The van der Waals surface area contributed by atoms with E-state index in [1.165, 1.54) is 11.1 Å². The molecule has 0 aliphatic heterocycles. The topological polar surface area (TPSA) is 0 Å². The van der Waals surface area contributed by atoms with Gasteiger partial charge in [-0.1, -0.05) is 90.8 Å². The van der Waals surface area contributed by atoms with Crippen molar-refractivity contribution in [2.75, 3.05) is 0 Å². The highest BCUT2D eigenvalue weighted by Gasteiger charge is 2.11. The Kier molecular flexibility index (Phi) is 18.8. The normalized spacial score (nSPS) is 9.90. The van der Waals surface area contributed by atoms with Crippen molar-refractivity contribution in [1.82, 2.24) is 0 Å². The van der Waals surface area contributed by atoms with E-state index in [0.29, 0.717) is 5.92 Å². The van der Waals surface area contributed by atoms with E-state index in [1.54, 1.807) is 6.08 Å². The lowest BCUT2D eigenvalue weighted by Crippen LogP contribution is -1.98. The van der Waals surface area contributed by atoms with Crippen LogP contribution in [-0.2, 0) is 0 Å². The minimum Gasteiger partial charge on any atom is -0.117 e. The van der Waals surface area contributed by atoms with E-state index < -0.39 is 0 Å². The zero-order chi connectivity index (χ0) is 14.5. The van der Waals surface area contributed by atoms with Crippen molar-refractivity contribution in [3.8, 4) is 0 Å². The summed E-state index contributed by atoms with van der Waals surface area (Å²) >= 11 is 0. The largest absolute Gasteiger partial charge is 0.117 e. The van der Waals surface area contributed by atoms with Crippen LogP contribution in [0.5, 0.6) is 0 Å². The molecule has 0 heteroatoms. The lowest BCUT2D eigenvalue weighted by molar-refractivity contribution is 0.777. The Morgan fingerprint density at radius 2 is 1.76 bits per heavy atom. The van der Waals surface area contributed by atoms with Crippen molar-refractivity contribution in [2.24, 2.45) is 0 Å². The monoisotopic (exact) mass is 286 g/mol. The molecular weight excluding hydrogens is 252 g/mol. The van der Waals surface area contributed by atoms with Crippen molar-refractivity contribution < 1.29 is 0 Å². The SMILES string of the molecule is C.C.C=CC=C=C(/C=C\C)C(CC)c1ccccc1.CC. The summed E-state index contributed by atoms with van der Waals surface area (Å²) in [6.07, 6.45) is 8.90. The van der Waals surface area contributed by atoms with Crippen LogP contribution >= 0.6 is 0 Å². The van der Waals surface area contributed by atoms with Gasteiger partial charge in [0, 0.05) is 11.5 Å². The first-order chi connectivity index (χ1) is 9.33. The summed E-state index contributed by atoms with van der Waals surface area (Å²) in [4.78, 5) is 0. The summed E-state index contributed by atoms with van der Waals surface area (Å²) in [7, 11) is 0. The van der Waals surface area contributed by atoms with Crippen molar-refractivity contribution in [1.29, 1.82) is 0 Å². The first-order valence-corrected chi connectivity index (χ1v) is 7.08. The number of rotatable bonds is 5. The molecule has 0 saturated heterocycles. The predicted octanol–water partition coefficient (Wildman–Crippen LogP) is 7.32. The second kappa shape index (κ2) is 16.3. The summed E-state index contributed by atoms with van der Waals surface area (Å²) in [5.74, 6) is 0.406. The molecule has 0 nitrogen and oxygen atoms in total. The molecule has 0 heterocycles. The summed E-state index contributed by atoms with van der Waals surface area (Å²) in [6.45, 7) is 11.9. The molecular formula is C21H34. The van der Waals surface area contributed by atoms with Gasteiger partial charge in [-0.2, -0.15) is 0 Å². The summed E-state index contributed by atoms with van der Waals surface area (Å²) in [5.41, 5.74) is 5.86. The minimum absolute atomic E-state index is 0. The van der Waals surface area contributed by atoms with Crippen LogP contribution in [0.25, 0.3) is 0 Å². The molecule has 1 aromatic carbocycles. The Bertz CT molecular complexity index is 428. The van der Waals surface area contributed by atoms with E-state index in [2.05, 4.69) is 61.7 Å². The third-order valence-electron chi connectivity index (χ3n) is 2.70. The first-order valence-electron chi connectivity index (χ1n) is 7.08. The molecule has 0 aromatic heterocycles. The maximum atomic E-state index is 3.70. The first kappa shape index (κ1) is 24.3. The molecule has 1 aromatic rings. The molecule has 0 aliphatic rings. The van der Waals surface area contributed by atoms with Crippen LogP contribution in [-0.4, -0.2) is 0 Å². The molecule has 0 amide bonds. The fourth-order valence-corrected chi connectivity index (χ4v) is 1.92. The number of allylic oxidation sites excluding steroid dienone is 4. The van der Waals surface area contributed by atoms with Gasteiger partial charge in [0.25, 0.3) is 0 Å². The zero-order valence-electron chi connectivity index (χ0n) is 12.7. The second-order valence-electron chi connectivity index (χ2n) is 3.87. The lowest BCUT2D eigenvalue weighted by Gasteiger charge is -2.15. The molecule has 0 fully saturated rings. The highest BCUT2D eigenvalue weighted by molar-refractivity contribution is 5.34. The van der Waals surface area contributed by atoms with Crippen LogP contribution in [0, 0.1) is 0 Å².